The first-order valence-electron chi connectivity index (χ1n) is 6.69. The summed E-state index contributed by atoms with van der Waals surface area (Å²) in [4.78, 5) is -0.0581. The summed E-state index contributed by atoms with van der Waals surface area (Å²) in [6, 6.07) is 11.3. The Morgan fingerprint density at radius 2 is 2.00 bits per heavy atom. The highest BCUT2D eigenvalue weighted by atomic mass is 35.5. The second kappa shape index (κ2) is 6.03. The molecule has 0 aliphatic carbocycles. The number of methoxy groups -OCH3 is 1. The third-order valence-corrected chi connectivity index (χ3v) is 4.78. The number of anilines is 2. The molecular formula is C15H11ClN4O3S. The fraction of sp³-hybridized carbons (Fsp3) is 0.0667. The summed E-state index contributed by atoms with van der Waals surface area (Å²) in [6.45, 7) is 0. The minimum atomic E-state index is -3.93. The van der Waals surface area contributed by atoms with Crippen molar-refractivity contribution in [3.63, 3.8) is 0 Å². The minimum absolute atomic E-state index is 0.0211. The molecule has 1 aliphatic heterocycles. The molecule has 0 spiro atoms. The quantitative estimate of drug-likeness (QED) is 0.851. The van der Waals surface area contributed by atoms with E-state index in [2.05, 4.69) is 15.0 Å². The van der Waals surface area contributed by atoms with Crippen molar-refractivity contribution in [1.82, 2.24) is 0 Å². The Kier molecular flexibility index (Phi) is 4.05. The van der Waals surface area contributed by atoms with E-state index in [0.717, 1.165) is 0 Å². The molecular weight excluding hydrogens is 352 g/mol. The average molecular weight is 363 g/mol. The average Bonchev–Trinajstić information content (AvgIpc) is 2.55. The van der Waals surface area contributed by atoms with Crippen molar-refractivity contribution >= 4 is 39.0 Å². The van der Waals surface area contributed by atoms with Crippen LogP contribution in [0.3, 0.4) is 0 Å². The van der Waals surface area contributed by atoms with E-state index in [-0.39, 0.29) is 27.3 Å². The van der Waals surface area contributed by atoms with Crippen molar-refractivity contribution in [1.29, 1.82) is 5.26 Å². The number of hydrogen-bond donors (Lipinski definition) is 2. The fourth-order valence-corrected chi connectivity index (χ4v) is 3.56. The lowest BCUT2D eigenvalue weighted by Crippen LogP contribution is -2.28. The number of fused-ring (bicyclic) bond motifs is 1. The lowest BCUT2D eigenvalue weighted by Gasteiger charge is -2.21. The number of hydrogen-bond acceptors (Lipinski definition) is 6. The molecule has 1 aliphatic rings. The summed E-state index contributed by atoms with van der Waals surface area (Å²) in [7, 11) is -2.52. The van der Waals surface area contributed by atoms with Crippen LogP contribution in [0.1, 0.15) is 5.56 Å². The van der Waals surface area contributed by atoms with E-state index in [1.165, 1.54) is 19.2 Å². The van der Waals surface area contributed by atoms with Gasteiger partial charge in [0.05, 0.1) is 18.7 Å². The van der Waals surface area contributed by atoms with Gasteiger partial charge in [-0.2, -0.15) is 13.7 Å². The van der Waals surface area contributed by atoms with Crippen LogP contribution in [0.15, 0.2) is 45.7 Å². The van der Waals surface area contributed by atoms with Crippen LogP contribution in [0.2, 0.25) is 5.02 Å². The second-order valence-corrected chi connectivity index (χ2v) is 6.84. The first-order chi connectivity index (χ1) is 11.4. The number of rotatable bonds is 2. The summed E-state index contributed by atoms with van der Waals surface area (Å²) in [5.41, 5.74) is 1.33. The highest BCUT2D eigenvalue weighted by Gasteiger charge is 2.28. The number of halogens is 1. The largest absolute Gasteiger partial charge is 0.494 e. The molecule has 2 N–H and O–H groups in total. The van der Waals surface area contributed by atoms with Crippen LogP contribution >= 0.6 is 11.6 Å². The van der Waals surface area contributed by atoms with Crippen molar-refractivity contribution in [2.45, 2.75) is 4.90 Å². The van der Waals surface area contributed by atoms with Gasteiger partial charge >= 0.3 is 0 Å². The van der Waals surface area contributed by atoms with Gasteiger partial charge in [-0.3, -0.25) is 0 Å². The summed E-state index contributed by atoms with van der Waals surface area (Å²) in [6.07, 6.45) is 0. The van der Waals surface area contributed by atoms with Gasteiger partial charge in [0.1, 0.15) is 16.3 Å². The maximum atomic E-state index is 12.4. The van der Waals surface area contributed by atoms with Crippen LogP contribution in [-0.4, -0.2) is 21.5 Å². The standard InChI is InChI=1S/C15H11ClN4O3S/c1-23-12-6-10(16)7-13-14(12)19-15(20-24(13,21)22)18-11-4-2-9(8-17)3-5-11/h2-7H,1H3,(H2,18,19,20). The number of nitrogens with zero attached hydrogens (tertiary/aromatic N) is 2. The Hall–Kier alpha value is -2.76. The molecule has 0 radical (unpaired) electrons. The molecule has 7 nitrogen and oxygen atoms in total. The van der Waals surface area contributed by atoms with Crippen LogP contribution in [0.4, 0.5) is 11.4 Å². The lowest BCUT2D eigenvalue weighted by molar-refractivity contribution is 0.415. The van der Waals surface area contributed by atoms with E-state index in [4.69, 9.17) is 21.6 Å². The van der Waals surface area contributed by atoms with Gasteiger partial charge in [0.2, 0.25) is 5.96 Å². The molecule has 1 heterocycles. The minimum Gasteiger partial charge on any atom is -0.494 e. The predicted octanol–water partition coefficient (Wildman–Crippen LogP) is 2.80. The van der Waals surface area contributed by atoms with Gasteiger partial charge in [0.25, 0.3) is 10.0 Å². The van der Waals surface area contributed by atoms with Gasteiger partial charge in [-0.15, -0.1) is 4.40 Å². The molecule has 0 fully saturated rings. The topological polar surface area (TPSA) is 104 Å². The van der Waals surface area contributed by atoms with Gasteiger partial charge in [-0.05, 0) is 30.3 Å². The Balaban J connectivity index is 1.99. The van der Waals surface area contributed by atoms with E-state index < -0.39 is 10.0 Å². The molecule has 0 bridgehead atoms. The molecule has 9 heteroatoms. The first kappa shape index (κ1) is 16.1. The van der Waals surface area contributed by atoms with Crippen molar-refractivity contribution < 1.29 is 13.2 Å². The molecule has 0 unspecified atom stereocenters. The SMILES string of the molecule is COc1cc(Cl)cc2c1NC(Nc1ccc(C#N)cc1)=NS2(=O)=O. The molecule has 0 amide bonds. The van der Waals surface area contributed by atoms with Crippen molar-refractivity contribution in [2.75, 3.05) is 17.7 Å². The Bertz CT molecular complexity index is 979. The first-order valence-corrected chi connectivity index (χ1v) is 8.51. The van der Waals surface area contributed by atoms with Gasteiger partial charge in [-0.25, -0.2) is 0 Å². The zero-order valence-electron chi connectivity index (χ0n) is 12.4. The van der Waals surface area contributed by atoms with E-state index in [9.17, 15) is 8.42 Å². The Morgan fingerprint density at radius 1 is 1.29 bits per heavy atom. The maximum absolute atomic E-state index is 12.4. The zero-order chi connectivity index (χ0) is 17.3. The highest BCUT2D eigenvalue weighted by Crippen LogP contribution is 2.38. The molecule has 2 aromatic carbocycles. The van der Waals surface area contributed by atoms with E-state index in [1.807, 2.05) is 6.07 Å². The van der Waals surface area contributed by atoms with Crippen LogP contribution in [0, 0.1) is 11.3 Å². The molecule has 0 saturated heterocycles. The Morgan fingerprint density at radius 3 is 2.62 bits per heavy atom. The molecule has 0 atom stereocenters. The van der Waals surface area contributed by atoms with E-state index >= 15 is 0 Å². The van der Waals surface area contributed by atoms with Crippen LogP contribution in [0.5, 0.6) is 5.75 Å². The summed E-state index contributed by atoms with van der Waals surface area (Å²) >= 11 is 5.92. The molecule has 0 saturated carbocycles. The number of ether oxygens (including phenoxy) is 1. The number of guanidine groups is 1. The van der Waals surface area contributed by atoms with Gasteiger partial charge < -0.3 is 15.4 Å². The summed E-state index contributed by atoms with van der Waals surface area (Å²) in [5.74, 6) is 0.308. The molecule has 3 rings (SSSR count). The second-order valence-electron chi connectivity index (χ2n) is 4.84. The number of benzene rings is 2. The maximum Gasteiger partial charge on any atom is 0.287 e. The van der Waals surface area contributed by atoms with Crippen molar-refractivity contribution in [2.24, 2.45) is 4.40 Å². The van der Waals surface area contributed by atoms with Crippen LogP contribution in [-0.2, 0) is 10.0 Å². The van der Waals surface area contributed by atoms with Gasteiger partial charge in [-0.1, -0.05) is 11.6 Å². The Labute approximate surface area is 143 Å². The predicted molar refractivity (Wildman–Crippen MR) is 91.0 cm³/mol. The van der Waals surface area contributed by atoms with E-state index in [1.54, 1.807) is 24.3 Å². The monoisotopic (exact) mass is 362 g/mol. The molecule has 0 aromatic heterocycles. The van der Waals surface area contributed by atoms with Crippen molar-refractivity contribution in [3.8, 4) is 11.8 Å². The summed E-state index contributed by atoms with van der Waals surface area (Å²) in [5, 5.41) is 14.8. The normalized spacial score (nSPS) is 14.6. The van der Waals surface area contributed by atoms with Crippen LogP contribution < -0.4 is 15.4 Å². The number of nitrogens with one attached hydrogen (secondary N) is 2. The lowest BCUT2D eigenvalue weighted by atomic mass is 10.2. The van der Waals surface area contributed by atoms with E-state index in [0.29, 0.717) is 11.3 Å². The smallest absolute Gasteiger partial charge is 0.287 e. The summed E-state index contributed by atoms with van der Waals surface area (Å²) < 4.78 is 33.6. The van der Waals surface area contributed by atoms with Gasteiger partial charge in [0, 0.05) is 16.8 Å². The van der Waals surface area contributed by atoms with Crippen LogP contribution in [0.25, 0.3) is 0 Å². The van der Waals surface area contributed by atoms with Crippen molar-refractivity contribution in [3.05, 3.63) is 47.0 Å². The fourth-order valence-electron chi connectivity index (χ4n) is 2.17. The number of sulfonamides is 1. The zero-order valence-corrected chi connectivity index (χ0v) is 13.9. The molecule has 122 valence electrons. The molecule has 24 heavy (non-hydrogen) atoms. The molecule has 2 aromatic rings. The van der Waals surface area contributed by atoms with Gasteiger partial charge in [0.15, 0.2) is 0 Å². The third-order valence-electron chi connectivity index (χ3n) is 3.26. The third kappa shape index (κ3) is 2.99. The number of nitriles is 1. The highest BCUT2D eigenvalue weighted by molar-refractivity contribution is 7.90.